The molecule has 23 heavy (non-hydrogen) atoms. The predicted octanol–water partition coefficient (Wildman–Crippen LogP) is 2.84. The average molecular weight is 314 g/mol. The first-order chi connectivity index (χ1) is 11.3. The molecule has 1 aromatic carbocycles. The number of methoxy groups -OCH3 is 1. The quantitative estimate of drug-likeness (QED) is 0.944. The van der Waals surface area contributed by atoms with Crippen LogP contribution >= 0.6 is 0 Å². The van der Waals surface area contributed by atoms with E-state index in [4.69, 9.17) is 4.74 Å². The number of ether oxygens (including phenoxy) is 1. The molecule has 0 atom stereocenters. The standard InChI is InChI=1S/C17H22N4O2/c1-23-16-5-3-2-4-15(16)19-17(22)21-9-6-14(7-10-21)12-20-11-8-18-13-20/h2-5,8,11,13-14H,6-7,9-10,12H2,1H3,(H,19,22). The zero-order valence-electron chi connectivity index (χ0n) is 13.3. The van der Waals surface area contributed by atoms with Gasteiger partial charge in [-0.3, -0.25) is 0 Å². The molecule has 0 bridgehead atoms. The van der Waals surface area contributed by atoms with E-state index in [9.17, 15) is 4.79 Å². The normalized spacial score (nSPS) is 15.4. The smallest absolute Gasteiger partial charge is 0.321 e. The number of nitrogens with zero attached hydrogens (tertiary/aromatic N) is 3. The van der Waals surface area contributed by atoms with Gasteiger partial charge in [-0.1, -0.05) is 12.1 Å². The van der Waals surface area contributed by atoms with Crippen molar-refractivity contribution in [1.82, 2.24) is 14.5 Å². The summed E-state index contributed by atoms with van der Waals surface area (Å²) in [5.74, 6) is 1.27. The number of para-hydroxylation sites is 2. The van der Waals surface area contributed by atoms with E-state index >= 15 is 0 Å². The van der Waals surface area contributed by atoms with Crippen LogP contribution in [0.15, 0.2) is 43.0 Å². The Morgan fingerprint density at radius 1 is 1.35 bits per heavy atom. The molecular weight excluding hydrogens is 292 g/mol. The van der Waals surface area contributed by atoms with Crippen molar-refractivity contribution >= 4 is 11.7 Å². The fourth-order valence-electron chi connectivity index (χ4n) is 2.95. The van der Waals surface area contributed by atoms with Crippen LogP contribution < -0.4 is 10.1 Å². The Hall–Kier alpha value is -2.50. The molecule has 1 fully saturated rings. The lowest BCUT2D eigenvalue weighted by Crippen LogP contribution is -2.41. The van der Waals surface area contributed by atoms with Gasteiger partial charge in [0.1, 0.15) is 5.75 Å². The van der Waals surface area contributed by atoms with E-state index < -0.39 is 0 Å². The number of amides is 2. The van der Waals surface area contributed by atoms with Crippen LogP contribution in [0.2, 0.25) is 0 Å². The van der Waals surface area contributed by atoms with Crippen molar-refractivity contribution in [2.24, 2.45) is 5.92 Å². The highest BCUT2D eigenvalue weighted by atomic mass is 16.5. The number of benzene rings is 1. The highest BCUT2D eigenvalue weighted by molar-refractivity contribution is 5.91. The van der Waals surface area contributed by atoms with Crippen molar-refractivity contribution in [3.05, 3.63) is 43.0 Å². The molecule has 6 heteroatoms. The second kappa shape index (κ2) is 7.17. The molecule has 122 valence electrons. The number of imidazole rings is 1. The third-order valence-electron chi connectivity index (χ3n) is 4.28. The summed E-state index contributed by atoms with van der Waals surface area (Å²) in [6.07, 6.45) is 7.66. The minimum absolute atomic E-state index is 0.0596. The van der Waals surface area contributed by atoms with Crippen LogP contribution in [-0.2, 0) is 6.54 Å². The van der Waals surface area contributed by atoms with Crippen LogP contribution in [0.3, 0.4) is 0 Å². The largest absolute Gasteiger partial charge is 0.495 e. The van der Waals surface area contributed by atoms with E-state index in [2.05, 4.69) is 14.9 Å². The van der Waals surface area contributed by atoms with Crippen molar-refractivity contribution in [2.45, 2.75) is 19.4 Å². The molecule has 1 aliphatic rings. The van der Waals surface area contributed by atoms with Crippen molar-refractivity contribution < 1.29 is 9.53 Å². The molecule has 0 unspecified atom stereocenters. The molecule has 0 aliphatic carbocycles. The summed E-state index contributed by atoms with van der Waals surface area (Å²) in [6.45, 7) is 2.53. The van der Waals surface area contributed by atoms with Crippen LogP contribution in [0.5, 0.6) is 5.75 Å². The van der Waals surface area contributed by atoms with E-state index in [0.717, 1.165) is 32.5 Å². The fraction of sp³-hybridized carbons (Fsp3) is 0.412. The minimum atomic E-state index is -0.0596. The summed E-state index contributed by atoms with van der Waals surface area (Å²) in [6, 6.07) is 7.40. The van der Waals surface area contributed by atoms with Gasteiger partial charge in [0.2, 0.25) is 0 Å². The van der Waals surface area contributed by atoms with E-state index in [1.54, 1.807) is 13.3 Å². The zero-order chi connectivity index (χ0) is 16.1. The Kier molecular flexibility index (Phi) is 4.80. The minimum Gasteiger partial charge on any atom is -0.495 e. The lowest BCUT2D eigenvalue weighted by Gasteiger charge is -2.32. The second-order valence-electron chi connectivity index (χ2n) is 5.82. The molecule has 1 N–H and O–H groups in total. The highest BCUT2D eigenvalue weighted by Gasteiger charge is 2.23. The van der Waals surface area contributed by atoms with Crippen LogP contribution in [0.4, 0.5) is 10.5 Å². The fourth-order valence-corrected chi connectivity index (χ4v) is 2.95. The van der Waals surface area contributed by atoms with Gasteiger partial charge in [0, 0.05) is 32.0 Å². The monoisotopic (exact) mass is 314 g/mol. The van der Waals surface area contributed by atoms with Gasteiger partial charge in [0.15, 0.2) is 0 Å². The number of hydrogen-bond acceptors (Lipinski definition) is 3. The number of nitrogens with one attached hydrogen (secondary N) is 1. The van der Waals surface area contributed by atoms with E-state index in [-0.39, 0.29) is 6.03 Å². The molecule has 1 aromatic heterocycles. The lowest BCUT2D eigenvalue weighted by molar-refractivity contribution is 0.177. The molecule has 2 amide bonds. The number of likely N-dealkylation sites (tertiary alicyclic amines) is 1. The van der Waals surface area contributed by atoms with Gasteiger partial charge >= 0.3 is 6.03 Å². The Morgan fingerprint density at radius 3 is 2.83 bits per heavy atom. The first kappa shape index (κ1) is 15.4. The van der Waals surface area contributed by atoms with E-state index in [1.165, 1.54) is 0 Å². The molecule has 6 nitrogen and oxygen atoms in total. The number of carbonyl (C=O) groups excluding carboxylic acids is 1. The molecule has 0 radical (unpaired) electrons. The van der Waals surface area contributed by atoms with Crippen LogP contribution in [0.1, 0.15) is 12.8 Å². The Bertz CT molecular complexity index is 634. The maximum Gasteiger partial charge on any atom is 0.321 e. The number of aromatic nitrogens is 2. The van der Waals surface area contributed by atoms with E-state index in [1.807, 2.05) is 41.7 Å². The number of rotatable bonds is 4. The van der Waals surface area contributed by atoms with Gasteiger partial charge in [-0.25, -0.2) is 9.78 Å². The molecule has 0 spiro atoms. The van der Waals surface area contributed by atoms with Crippen molar-refractivity contribution in [1.29, 1.82) is 0 Å². The van der Waals surface area contributed by atoms with Gasteiger partial charge in [-0.2, -0.15) is 0 Å². The van der Waals surface area contributed by atoms with Crippen LogP contribution in [-0.4, -0.2) is 40.7 Å². The Balaban J connectivity index is 1.52. The summed E-state index contributed by atoms with van der Waals surface area (Å²) in [5.41, 5.74) is 0.709. The van der Waals surface area contributed by atoms with Gasteiger partial charge in [0.05, 0.1) is 19.1 Å². The maximum atomic E-state index is 12.4. The summed E-state index contributed by atoms with van der Waals surface area (Å²) >= 11 is 0. The average Bonchev–Trinajstić information content (AvgIpc) is 3.09. The van der Waals surface area contributed by atoms with Crippen LogP contribution in [0.25, 0.3) is 0 Å². The summed E-state index contributed by atoms with van der Waals surface area (Å²) in [4.78, 5) is 18.3. The van der Waals surface area contributed by atoms with Crippen molar-refractivity contribution in [2.75, 3.05) is 25.5 Å². The topological polar surface area (TPSA) is 59.4 Å². The third-order valence-corrected chi connectivity index (χ3v) is 4.28. The maximum absolute atomic E-state index is 12.4. The lowest BCUT2D eigenvalue weighted by atomic mass is 9.97. The zero-order valence-corrected chi connectivity index (χ0v) is 13.3. The van der Waals surface area contributed by atoms with Crippen molar-refractivity contribution in [3.63, 3.8) is 0 Å². The van der Waals surface area contributed by atoms with Crippen LogP contribution in [0, 0.1) is 5.92 Å². The second-order valence-corrected chi connectivity index (χ2v) is 5.82. The van der Waals surface area contributed by atoms with Gasteiger partial charge in [-0.05, 0) is 30.9 Å². The molecular formula is C17H22N4O2. The van der Waals surface area contributed by atoms with E-state index in [0.29, 0.717) is 17.4 Å². The highest BCUT2D eigenvalue weighted by Crippen LogP contribution is 2.25. The summed E-state index contributed by atoms with van der Waals surface area (Å²) < 4.78 is 7.37. The number of hydrogen-bond donors (Lipinski definition) is 1. The summed E-state index contributed by atoms with van der Waals surface area (Å²) in [5, 5.41) is 2.94. The Morgan fingerprint density at radius 2 is 2.13 bits per heavy atom. The third kappa shape index (κ3) is 3.83. The first-order valence-corrected chi connectivity index (χ1v) is 7.91. The Labute approximate surface area is 136 Å². The predicted molar refractivity (Wildman–Crippen MR) is 88.5 cm³/mol. The molecule has 3 rings (SSSR count). The van der Waals surface area contributed by atoms with Crippen molar-refractivity contribution in [3.8, 4) is 5.75 Å². The molecule has 1 saturated heterocycles. The SMILES string of the molecule is COc1ccccc1NC(=O)N1CCC(Cn2ccnc2)CC1. The molecule has 2 heterocycles. The summed E-state index contributed by atoms with van der Waals surface area (Å²) in [7, 11) is 1.60. The van der Waals surface area contributed by atoms with Gasteiger partial charge < -0.3 is 19.5 Å². The molecule has 0 saturated carbocycles. The number of carbonyl (C=O) groups is 1. The van der Waals surface area contributed by atoms with Gasteiger partial charge in [0.25, 0.3) is 0 Å². The number of urea groups is 1. The molecule has 1 aliphatic heterocycles. The molecule has 2 aromatic rings. The van der Waals surface area contributed by atoms with Gasteiger partial charge in [-0.15, -0.1) is 0 Å². The first-order valence-electron chi connectivity index (χ1n) is 7.91. The number of piperidine rings is 1. The number of anilines is 1.